The lowest BCUT2D eigenvalue weighted by Crippen LogP contribution is -2.17. The lowest BCUT2D eigenvalue weighted by Gasteiger charge is -2.32. The summed E-state index contributed by atoms with van der Waals surface area (Å²) in [5.41, 5.74) is 2.17. The minimum absolute atomic E-state index is 0.681. The van der Waals surface area contributed by atoms with E-state index in [1.165, 1.54) is 88.3 Å². The molecule has 0 atom stereocenters. The maximum Gasteiger partial charge on any atom is 0.199 e. The van der Waals surface area contributed by atoms with E-state index in [0.717, 1.165) is 29.7 Å². The summed E-state index contributed by atoms with van der Waals surface area (Å²) < 4.78 is 12.7. The zero-order chi connectivity index (χ0) is 21.9. The van der Waals surface area contributed by atoms with Crippen LogP contribution >= 0.6 is 0 Å². The molecule has 3 rings (SSSR count). The Bertz CT molecular complexity index is 808. The van der Waals surface area contributed by atoms with Crippen LogP contribution in [0.4, 0.5) is 4.39 Å². The molecule has 3 heteroatoms. The van der Waals surface area contributed by atoms with Crippen molar-refractivity contribution >= 4 is 0 Å². The average molecular weight is 419 g/mol. The van der Waals surface area contributed by atoms with Crippen LogP contribution < -0.4 is 0 Å². The van der Waals surface area contributed by atoms with Gasteiger partial charge in [0.15, 0.2) is 5.83 Å². The van der Waals surface area contributed by atoms with Gasteiger partial charge in [0.2, 0.25) is 0 Å². The van der Waals surface area contributed by atoms with Crippen LogP contribution in [-0.2, 0) is 0 Å². The van der Waals surface area contributed by atoms with Crippen LogP contribution in [0.1, 0.15) is 94.1 Å². The van der Waals surface area contributed by atoms with Gasteiger partial charge in [0.05, 0.1) is 11.6 Å². The highest BCUT2D eigenvalue weighted by atomic mass is 19.1. The van der Waals surface area contributed by atoms with Crippen LogP contribution in [0.15, 0.2) is 48.3 Å². The molecule has 2 fully saturated rings. The van der Waals surface area contributed by atoms with Gasteiger partial charge in [-0.15, -0.1) is 0 Å². The third-order valence-corrected chi connectivity index (χ3v) is 7.53. The third kappa shape index (κ3) is 7.66. The number of benzene rings is 1. The highest BCUT2D eigenvalue weighted by Crippen LogP contribution is 2.40. The van der Waals surface area contributed by atoms with Gasteiger partial charge in [0.25, 0.3) is 0 Å². The van der Waals surface area contributed by atoms with Gasteiger partial charge in [-0.3, -0.25) is 0 Å². The van der Waals surface area contributed by atoms with E-state index in [-0.39, 0.29) is 0 Å². The SMILES string of the molecule is N#CC(F)=CC=CCCC1CCC(CCC2CCC(c3ccc(C#N)cc3)CC2)CC1. The molecule has 2 aliphatic rings. The van der Waals surface area contributed by atoms with E-state index in [0.29, 0.717) is 5.92 Å². The van der Waals surface area contributed by atoms with Crippen molar-refractivity contribution in [3.8, 4) is 12.1 Å². The van der Waals surface area contributed by atoms with Crippen molar-refractivity contribution in [3.63, 3.8) is 0 Å². The van der Waals surface area contributed by atoms with E-state index in [9.17, 15) is 4.39 Å². The maximum atomic E-state index is 12.7. The summed E-state index contributed by atoms with van der Waals surface area (Å²) >= 11 is 0. The van der Waals surface area contributed by atoms with E-state index in [1.807, 2.05) is 18.2 Å². The molecule has 0 aromatic heterocycles. The molecule has 0 heterocycles. The fraction of sp³-hybridized carbons (Fsp3) is 0.571. The molecule has 164 valence electrons. The van der Waals surface area contributed by atoms with Crippen LogP contribution in [0.25, 0.3) is 0 Å². The van der Waals surface area contributed by atoms with E-state index in [1.54, 1.807) is 6.08 Å². The topological polar surface area (TPSA) is 47.6 Å². The molecule has 31 heavy (non-hydrogen) atoms. The van der Waals surface area contributed by atoms with Crippen molar-refractivity contribution in [2.75, 3.05) is 0 Å². The number of hydrogen-bond donors (Lipinski definition) is 0. The van der Waals surface area contributed by atoms with E-state index in [2.05, 4.69) is 18.2 Å². The number of hydrogen-bond acceptors (Lipinski definition) is 2. The monoisotopic (exact) mass is 418 g/mol. The van der Waals surface area contributed by atoms with Crippen LogP contribution in [-0.4, -0.2) is 0 Å². The van der Waals surface area contributed by atoms with E-state index >= 15 is 0 Å². The molecule has 0 radical (unpaired) electrons. The van der Waals surface area contributed by atoms with Gasteiger partial charge < -0.3 is 0 Å². The van der Waals surface area contributed by atoms with Gasteiger partial charge in [0.1, 0.15) is 6.07 Å². The molecule has 2 saturated carbocycles. The maximum absolute atomic E-state index is 12.7. The van der Waals surface area contributed by atoms with E-state index < -0.39 is 5.83 Å². The van der Waals surface area contributed by atoms with Crippen LogP contribution in [0.5, 0.6) is 0 Å². The first kappa shape index (κ1) is 23.3. The van der Waals surface area contributed by atoms with E-state index in [4.69, 9.17) is 10.5 Å². The van der Waals surface area contributed by atoms with Crippen molar-refractivity contribution in [2.45, 2.75) is 83.0 Å². The van der Waals surface area contributed by atoms with Crippen molar-refractivity contribution in [3.05, 3.63) is 59.4 Å². The molecule has 1 aromatic rings. The first-order valence-corrected chi connectivity index (χ1v) is 12.1. The second-order valence-corrected chi connectivity index (χ2v) is 9.55. The predicted molar refractivity (Wildman–Crippen MR) is 124 cm³/mol. The lowest BCUT2D eigenvalue weighted by atomic mass is 9.74. The van der Waals surface area contributed by atoms with Crippen molar-refractivity contribution < 1.29 is 4.39 Å². The predicted octanol–water partition coefficient (Wildman–Crippen LogP) is 8.13. The summed E-state index contributed by atoms with van der Waals surface area (Å²) in [6.45, 7) is 0. The third-order valence-electron chi connectivity index (χ3n) is 7.53. The molecule has 2 nitrogen and oxygen atoms in total. The molecule has 0 bridgehead atoms. The highest BCUT2D eigenvalue weighted by Gasteiger charge is 2.25. The molecular formula is C28H35FN2. The molecule has 2 aliphatic carbocycles. The summed E-state index contributed by atoms with van der Waals surface area (Å²) in [5, 5.41) is 17.3. The summed E-state index contributed by atoms with van der Waals surface area (Å²) in [7, 11) is 0. The highest BCUT2D eigenvalue weighted by molar-refractivity contribution is 5.33. The van der Waals surface area contributed by atoms with Gasteiger partial charge in [-0.1, -0.05) is 62.8 Å². The van der Waals surface area contributed by atoms with Crippen LogP contribution in [0.2, 0.25) is 0 Å². The smallest absolute Gasteiger partial charge is 0.195 e. The Morgan fingerprint density at radius 3 is 1.94 bits per heavy atom. The summed E-state index contributed by atoms with van der Waals surface area (Å²) in [4.78, 5) is 0. The molecule has 1 aromatic carbocycles. The minimum Gasteiger partial charge on any atom is -0.195 e. The first-order valence-electron chi connectivity index (χ1n) is 12.1. The quantitative estimate of drug-likeness (QED) is 0.316. The molecule has 0 spiro atoms. The first-order chi connectivity index (χ1) is 15.2. The normalized spacial score (nSPS) is 27.0. The Kier molecular flexibility index (Phi) is 9.36. The number of nitrogens with zero attached hydrogens (tertiary/aromatic N) is 2. The molecule has 0 aliphatic heterocycles. The zero-order valence-corrected chi connectivity index (χ0v) is 18.6. The summed E-state index contributed by atoms with van der Waals surface area (Å²) in [5.74, 6) is 2.59. The van der Waals surface area contributed by atoms with Gasteiger partial charge >= 0.3 is 0 Å². The molecule has 0 unspecified atom stereocenters. The van der Waals surface area contributed by atoms with Crippen LogP contribution in [0, 0.1) is 40.4 Å². The fourth-order valence-corrected chi connectivity index (χ4v) is 5.51. The summed E-state index contributed by atoms with van der Waals surface area (Å²) in [6, 6.07) is 11.9. The Morgan fingerprint density at radius 2 is 1.39 bits per heavy atom. The standard InChI is InChI=1S/C28H35FN2/c29-28(21-31)5-3-1-2-4-22-6-8-23(9-7-22)10-11-24-12-16-26(17-13-24)27-18-14-25(20-30)15-19-27/h1,3,5,14-15,18-19,22-24,26H,2,4,6-13,16-17H2. The molecule has 0 N–H and O–H groups in total. The zero-order valence-electron chi connectivity index (χ0n) is 18.6. The lowest BCUT2D eigenvalue weighted by molar-refractivity contribution is 0.225. The number of nitriles is 2. The molecule has 0 amide bonds. The van der Waals surface area contributed by atoms with Gasteiger partial charge in [-0.25, -0.2) is 0 Å². The van der Waals surface area contributed by atoms with Crippen molar-refractivity contribution in [1.82, 2.24) is 0 Å². The Morgan fingerprint density at radius 1 is 0.839 bits per heavy atom. The second kappa shape index (κ2) is 12.5. The average Bonchev–Trinajstić information content (AvgIpc) is 2.83. The minimum atomic E-state index is -0.723. The summed E-state index contributed by atoms with van der Waals surface area (Å²) in [6.07, 6.45) is 20.6. The van der Waals surface area contributed by atoms with Crippen molar-refractivity contribution in [1.29, 1.82) is 10.5 Å². The van der Waals surface area contributed by atoms with Gasteiger partial charge in [-0.2, -0.15) is 14.9 Å². The molecular weight excluding hydrogens is 383 g/mol. The fourth-order valence-electron chi connectivity index (χ4n) is 5.51. The van der Waals surface area contributed by atoms with Crippen LogP contribution in [0.3, 0.4) is 0 Å². The number of halogens is 1. The molecule has 0 saturated heterocycles. The Labute approximate surface area is 187 Å². The Hall–Kier alpha value is -2.39. The number of rotatable bonds is 8. The van der Waals surface area contributed by atoms with Gasteiger partial charge in [-0.05, 0) is 86.0 Å². The second-order valence-electron chi connectivity index (χ2n) is 9.55. The van der Waals surface area contributed by atoms with Gasteiger partial charge in [0, 0.05) is 0 Å². The number of allylic oxidation sites excluding steroid dienone is 4. The van der Waals surface area contributed by atoms with Crippen molar-refractivity contribution in [2.24, 2.45) is 17.8 Å². The largest absolute Gasteiger partial charge is 0.199 e. The Balaban J connectivity index is 1.28.